The predicted octanol–water partition coefficient (Wildman–Crippen LogP) is 3.21. The maximum Gasteiger partial charge on any atom is 0.258 e. The zero-order chi connectivity index (χ0) is 15.7. The van der Waals surface area contributed by atoms with E-state index in [1.807, 2.05) is 6.92 Å². The van der Waals surface area contributed by atoms with Gasteiger partial charge in [0.05, 0.1) is 0 Å². The monoisotopic (exact) mass is 291 g/mol. The Balaban J connectivity index is 2.24. The fourth-order valence-electron chi connectivity index (χ4n) is 2.01. The summed E-state index contributed by atoms with van der Waals surface area (Å²) in [4.78, 5) is 22.3. The molecule has 1 aromatic carbocycles. The van der Waals surface area contributed by atoms with Gasteiger partial charge in [-0.05, 0) is 43.5 Å². The molecule has 1 unspecified atom stereocenters. The lowest BCUT2D eigenvalue weighted by Crippen LogP contribution is -2.36. The number of aldehydes is 1. The van der Waals surface area contributed by atoms with Crippen LogP contribution in [0.5, 0.6) is 5.75 Å². The second-order valence-electron chi connectivity index (χ2n) is 5.77. The summed E-state index contributed by atoms with van der Waals surface area (Å²) in [5, 5.41) is 2.93. The van der Waals surface area contributed by atoms with E-state index >= 15 is 0 Å². The van der Waals surface area contributed by atoms with Crippen LogP contribution in [0, 0.1) is 5.92 Å². The molecule has 0 fully saturated rings. The van der Waals surface area contributed by atoms with Crippen LogP contribution in [-0.2, 0) is 4.79 Å². The molecule has 1 amide bonds. The molecule has 0 bridgehead atoms. The first-order chi connectivity index (χ1) is 10.0. The largest absolute Gasteiger partial charge is 0.484 e. The zero-order valence-electron chi connectivity index (χ0n) is 13.1. The smallest absolute Gasteiger partial charge is 0.258 e. The van der Waals surface area contributed by atoms with Crippen LogP contribution >= 0.6 is 0 Å². The molecule has 1 atom stereocenters. The molecule has 1 rings (SSSR count). The van der Waals surface area contributed by atoms with Gasteiger partial charge >= 0.3 is 0 Å². The number of amides is 1. The summed E-state index contributed by atoms with van der Waals surface area (Å²) in [7, 11) is 0. The van der Waals surface area contributed by atoms with Crippen molar-refractivity contribution in [3.8, 4) is 5.75 Å². The van der Waals surface area contributed by atoms with E-state index in [9.17, 15) is 9.59 Å². The molecule has 1 aromatic rings. The van der Waals surface area contributed by atoms with Gasteiger partial charge in [0.1, 0.15) is 12.0 Å². The lowest BCUT2D eigenvalue weighted by molar-refractivity contribution is -0.123. The highest BCUT2D eigenvalue weighted by Crippen LogP contribution is 2.11. The van der Waals surface area contributed by atoms with Crippen LogP contribution < -0.4 is 10.1 Å². The first-order valence-electron chi connectivity index (χ1n) is 7.48. The summed E-state index contributed by atoms with van der Waals surface area (Å²) >= 11 is 0. The molecule has 0 aliphatic heterocycles. The number of carbonyl (C=O) groups is 2. The van der Waals surface area contributed by atoms with E-state index in [1.165, 1.54) is 6.42 Å². The van der Waals surface area contributed by atoms with Crippen molar-refractivity contribution < 1.29 is 14.3 Å². The maximum atomic E-state index is 11.8. The van der Waals surface area contributed by atoms with Gasteiger partial charge in [-0.1, -0.05) is 26.7 Å². The van der Waals surface area contributed by atoms with Crippen molar-refractivity contribution in [2.45, 2.75) is 46.1 Å². The summed E-state index contributed by atoms with van der Waals surface area (Å²) < 4.78 is 5.38. The van der Waals surface area contributed by atoms with Crippen molar-refractivity contribution in [1.29, 1.82) is 0 Å². The van der Waals surface area contributed by atoms with Gasteiger partial charge in [-0.3, -0.25) is 9.59 Å². The van der Waals surface area contributed by atoms with Crippen molar-refractivity contribution in [2.75, 3.05) is 6.61 Å². The Morgan fingerprint density at radius 2 is 1.86 bits per heavy atom. The normalized spacial score (nSPS) is 12.0. The third kappa shape index (κ3) is 7.49. The summed E-state index contributed by atoms with van der Waals surface area (Å²) in [5.41, 5.74) is 0.588. The lowest BCUT2D eigenvalue weighted by Gasteiger charge is -2.15. The standard InChI is InChI=1S/C17H25NO3/c1-13(2)5-4-6-14(3)18-17(20)12-21-16-9-7-15(11-19)8-10-16/h7-11,13-14H,4-6,12H2,1-3H3,(H,18,20). The van der Waals surface area contributed by atoms with E-state index in [1.54, 1.807) is 24.3 Å². The minimum Gasteiger partial charge on any atom is -0.484 e. The van der Waals surface area contributed by atoms with Crippen molar-refractivity contribution in [1.82, 2.24) is 5.32 Å². The van der Waals surface area contributed by atoms with Gasteiger partial charge in [-0.2, -0.15) is 0 Å². The van der Waals surface area contributed by atoms with Gasteiger partial charge in [0, 0.05) is 11.6 Å². The summed E-state index contributed by atoms with van der Waals surface area (Å²) in [6.45, 7) is 6.41. The van der Waals surface area contributed by atoms with Crippen LogP contribution in [0.3, 0.4) is 0 Å². The maximum absolute atomic E-state index is 11.8. The van der Waals surface area contributed by atoms with Gasteiger partial charge in [-0.25, -0.2) is 0 Å². The molecule has 116 valence electrons. The number of nitrogens with one attached hydrogen (secondary N) is 1. The van der Waals surface area contributed by atoms with E-state index in [2.05, 4.69) is 19.2 Å². The Morgan fingerprint density at radius 1 is 1.19 bits per heavy atom. The molecule has 21 heavy (non-hydrogen) atoms. The van der Waals surface area contributed by atoms with Crippen LogP contribution in [0.25, 0.3) is 0 Å². The van der Waals surface area contributed by atoms with E-state index in [-0.39, 0.29) is 18.6 Å². The number of rotatable bonds is 9. The quantitative estimate of drug-likeness (QED) is 0.711. The number of hydrogen-bond donors (Lipinski definition) is 1. The number of hydrogen-bond acceptors (Lipinski definition) is 3. The fraction of sp³-hybridized carbons (Fsp3) is 0.529. The molecule has 0 aromatic heterocycles. The molecular weight excluding hydrogens is 266 g/mol. The summed E-state index contributed by atoms with van der Waals surface area (Å²) in [6, 6.07) is 6.85. The zero-order valence-corrected chi connectivity index (χ0v) is 13.1. The second-order valence-corrected chi connectivity index (χ2v) is 5.77. The molecular formula is C17H25NO3. The molecule has 0 aliphatic rings. The Labute approximate surface area is 126 Å². The molecule has 0 saturated carbocycles. The second kappa shape index (κ2) is 9.16. The van der Waals surface area contributed by atoms with Gasteiger partial charge in [0.2, 0.25) is 0 Å². The van der Waals surface area contributed by atoms with Crippen molar-refractivity contribution in [2.24, 2.45) is 5.92 Å². The van der Waals surface area contributed by atoms with Crippen molar-refractivity contribution in [3.05, 3.63) is 29.8 Å². The van der Waals surface area contributed by atoms with Crippen LogP contribution in [0.1, 0.15) is 50.4 Å². The van der Waals surface area contributed by atoms with Crippen LogP contribution in [0.2, 0.25) is 0 Å². The third-order valence-corrected chi connectivity index (χ3v) is 3.21. The molecule has 0 radical (unpaired) electrons. The minimum atomic E-state index is -0.119. The number of benzene rings is 1. The van der Waals surface area contributed by atoms with Crippen LogP contribution in [-0.4, -0.2) is 24.8 Å². The van der Waals surface area contributed by atoms with Crippen LogP contribution in [0.15, 0.2) is 24.3 Å². The highest BCUT2D eigenvalue weighted by molar-refractivity contribution is 5.78. The van der Waals surface area contributed by atoms with Gasteiger partial charge < -0.3 is 10.1 Å². The SMILES string of the molecule is CC(C)CCCC(C)NC(=O)COc1ccc(C=O)cc1. The topological polar surface area (TPSA) is 55.4 Å². The van der Waals surface area contributed by atoms with Crippen LogP contribution in [0.4, 0.5) is 0 Å². The van der Waals surface area contributed by atoms with E-state index in [0.29, 0.717) is 17.2 Å². The molecule has 4 nitrogen and oxygen atoms in total. The number of carbonyl (C=O) groups excluding carboxylic acids is 2. The Bertz CT molecular complexity index is 440. The molecule has 0 saturated heterocycles. The average molecular weight is 291 g/mol. The molecule has 0 aliphatic carbocycles. The predicted molar refractivity (Wildman–Crippen MR) is 83.6 cm³/mol. The first kappa shape index (κ1) is 17.2. The van der Waals surface area contributed by atoms with E-state index in [4.69, 9.17) is 4.74 Å². The molecule has 0 spiro atoms. The van der Waals surface area contributed by atoms with Gasteiger partial charge in [0.25, 0.3) is 5.91 Å². The van der Waals surface area contributed by atoms with E-state index in [0.717, 1.165) is 19.1 Å². The fourth-order valence-corrected chi connectivity index (χ4v) is 2.01. The highest BCUT2D eigenvalue weighted by Gasteiger charge is 2.08. The van der Waals surface area contributed by atoms with Crippen molar-refractivity contribution >= 4 is 12.2 Å². The first-order valence-corrected chi connectivity index (χ1v) is 7.48. The summed E-state index contributed by atoms with van der Waals surface area (Å²) in [5.74, 6) is 1.17. The molecule has 1 N–H and O–H groups in total. The van der Waals surface area contributed by atoms with E-state index < -0.39 is 0 Å². The van der Waals surface area contributed by atoms with Gasteiger partial charge in [0.15, 0.2) is 6.61 Å². The minimum absolute atomic E-state index is 0.00500. The third-order valence-electron chi connectivity index (χ3n) is 3.21. The van der Waals surface area contributed by atoms with Crippen molar-refractivity contribution in [3.63, 3.8) is 0 Å². The summed E-state index contributed by atoms with van der Waals surface area (Å²) in [6.07, 6.45) is 4.06. The average Bonchev–Trinajstić information content (AvgIpc) is 2.45. The Hall–Kier alpha value is -1.84. The number of ether oxygens (including phenoxy) is 1. The highest BCUT2D eigenvalue weighted by atomic mass is 16.5. The molecule has 4 heteroatoms. The lowest BCUT2D eigenvalue weighted by atomic mass is 10.0. The van der Waals surface area contributed by atoms with Gasteiger partial charge in [-0.15, -0.1) is 0 Å². The Kier molecular flexibility index (Phi) is 7.51. The molecule has 0 heterocycles. The Morgan fingerprint density at radius 3 is 2.43 bits per heavy atom.